The SMILES string of the molecule is O=C1C(O)=CCN1C(=O)C1CCCCC1. The second-order valence-electron chi connectivity index (χ2n) is 4.18. The van der Waals surface area contributed by atoms with Crippen molar-refractivity contribution in [3.05, 3.63) is 11.8 Å². The lowest BCUT2D eigenvalue weighted by Gasteiger charge is -2.24. The molecule has 1 saturated carbocycles. The molecule has 4 heteroatoms. The minimum atomic E-state index is -0.537. The number of nitrogens with zero attached hydrogens (tertiary/aromatic N) is 1. The molecular weight excluding hydrogens is 194 g/mol. The molecule has 0 spiro atoms. The average Bonchev–Trinajstić information content (AvgIpc) is 2.60. The lowest BCUT2D eigenvalue weighted by Crippen LogP contribution is -2.38. The summed E-state index contributed by atoms with van der Waals surface area (Å²) in [4.78, 5) is 24.5. The van der Waals surface area contributed by atoms with Crippen molar-refractivity contribution in [2.75, 3.05) is 6.54 Å². The Morgan fingerprint density at radius 3 is 2.53 bits per heavy atom. The van der Waals surface area contributed by atoms with Gasteiger partial charge in [-0.1, -0.05) is 19.3 Å². The fourth-order valence-corrected chi connectivity index (χ4v) is 2.25. The highest BCUT2D eigenvalue weighted by molar-refractivity contribution is 6.05. The number of rotatable bonds is 1. The summed E-state index contributed by atoms with van der Waals surface area (Å²) in [6, 6.07) is 0. The molecule has 1 N–H and O–H groups in total. The molecule has 0 bridgehead atoms. The van der Waals surface area contributed by atoms with E-state index in [1.165, 1.54) is 12.5 Å². The van der Waals surface area contributed by atoms with Crippen LogP contribution in [0, 0.1) is 5.92 Å². The Bertz CT molecular complexity index is 316. The maximum Gasteiger partial charge on any atom is 0.295 e. The fraction of sp³-hybridized carbons (Fsp3) is 0.636. The van der Waals surface area contributed by atoms with Gasteiger partial charge in [-0.2, -0.15) is 0 Å². The molecule has 82 valence electrons. The quantitative estimate of drug-likeness (QED) is 0.664. The van der Waals surface area contributed by atoms with E-state index in [9.17, 15) is 9.59 Å². The summed E-state index contributed by atoms with van der Waals surface area (Å²) in [7, 11) is 0. The normalized spacial score (nSPS) is 23.1. The van der Waals surface area contributed by atoms with E-state index < -0.39 is 5.91 Å². The largest absolute Gasteiger partial charge is 0.503 e. The van der Waals surface area contributed by atoms with Crippen LogP contribution in [0.2, 0.25) is 0 Å². The zero-order chi connectivity index (χ0) is 10.8. The monoisotopic (exact) mass is 209 g/mol. The van der Waals surface area contributed by atoms with Crippen molar-refractivity contribution in [2.24, 2.45) is 5.92 Å². The molecule has 0 atom stereocenters. The third-order valence-electron chi connectivity index (χ3n) is 3.15. The fourth-order valence-electron chi connectivity index (χ4n) is 2.25. The van der Waals surface area contributed by atoms with E-state index in [-0.39, 0.29) is 24.1 Å². The first-order chi connectivity index (χ1) is 7.20. The van der Waals surface area contributed by atoms with E-state index in [1.54, 1.807) is 0 Å². The van der Waals surface area contributed by atoms with Gasteiger partial charge < -0.3 is 5.11 Å². The predicted octanol–water partition coefficient (Wildman–Crippen LogP) is 1.38. The number of hydrogen-bond donors (Lipinski definition) is 1. The van der Waals surface area contributed by atoms with Crippen molar-refractivity contribution >= 4 is 11.8 Å². The molecule has 1 fully saturated rings. The topological polar surface area (TPSA) is 57.6 Å². The highest BCUT2D eigenvalue weighted by atomic mass is 16.3. The van der Waals surface area contributed by atoms with Gasteiger partial charge in [-0.15, -0.1) is 0 Å². The zero-order valence-corrected chi connectivity index (χ0v) is 8.61. The number of aliphatic hydroxyl groups is 1. The van der Waals surface area contributed by atoms with E-state index in [0.717, 1.165) is 30.6 Å². The molecule has 4 nitrogen and oxygen atoms in total. The molecule has 15 heavy (non-hydrogen) atoms. The minimum absolute atomic E-state index is 0.0120. The third kappa shape index (κ3) is 1.89. The van der Waals surface area contributed by atoms with Crippen LogP contribution in [0.1, 0.15) is 32.1 Å². The zero-order valence-electron chi connectivity index (χ0n) is 8.61. The Labute approximate surface area is 88.6 Å². The minimum Gasteiger partial charge on any atom is -0.503 e. The van der Waals surface area contributed by atoms with Gasteiger partial charge in [0, 0.05) is 5.92 Å². The second-order valence-corrected chi connectivity index (χ2v) is 4.18. The van der Waals surface area contributed by atoms with E-state index in [4.69, 9.17) is 5.11 Å². The third-order valence-corrected chi connectivity index (χ3v) is 3.15. The van der Waals surface area contributed by atoms with Crippen molar-refractivity contribution in [1.29, 1.82) is 0 Å². The number of imide groups is 1. The molecule has 2 aliphatic rings. The number of carbonyl (C=O) groups is 2. The maximum atomic E-state index is 11.9. The second kappa shape index (κ2) is 4.04. The Balaban J connectivity index is 1.99. The number of hydrogen-bond acceptors (Lipinski definition) is 3. The van der Waals surface area contributed by atoms with Crippen molar-refractivity contribution < 1.29 is 14.7 Å². The lowest BCUT2D eigenvalue weighted by atomic mass is 9.88. The van der Waals surface area contributed by atoms with Crippen LogP contribution in [0.15, 0.2) is 11.8 Å². The van der Waals surface area contributed by atoms with E-state index >= 15 is 0 Å². The molecule has 1 aliphatic carbocycles. The van der Waals surface area contributed by atoms with Crippen LogP contribution < -0.4 is 0 Å². The molecule has 0 radical (unpaired) electrons. The van der Waals surface area contributed by atoms with Gasteiger partial charge in [0.1, 0.15) is 0 Å². The Kier molecular flexibility index (Phi) is 2.75. The van der Waals surface area contributed by atoms with Crippen LogP contribution in [0.4, 0.5) is 0 Å². The summed E-state index contributed by atoms with van der Waals surface area (Å²) in [6.07, 6.45) is 6.47. The summed E-state index contributed by atoms with van der Waals surface area (Å²) in [6.45, 7) is 0.236. The molecule has 2 amide bonds. The van der Waals surface area contributed by atoms with Crippen LogP contribution >= 0.6 is 0 Å². The summed E-state index contributed by atoms with van der Waals surface area (Å²) in [5.74, 6) is -0.952. The molecule has 0 aromatic heterocycles. The van der Waals surface area contributed by atoms with Gasteiger partial charge in [-0.3, -0.25) is 14.5 Å². The van der Waals surface area contributed by atoms with Crippen LogP contribution in [0.3, 0.4) is 0 Å². The number of carbonyl (C=O) groups excluding carboxylic acids is 2. The maximum absolute atomic E-state index is 11.9. The first kappa shape index (κ1) is 10.2. The number of amides is 2. The summed E-state index contributed by atoms with van der Waals surface area (Å²) >= 11 is 0. The van der Waals surface area contributed by atoms with Gasteiger partial charge in [0.05, 0.1) is 6.54 Å². The van der Waals surface area contributed by atoms with E-state index in [1.807, 2.05) is 0 Å². The van der Waals surface area contributed by atoms with Gasteiger partial charge in [0.2, 0.25) is 5.91 Å². The Morgan fingerprint density at radius 1 is 1.33 bits per heavy atom. The van der Waals surface area contributed by atoms with Gasteiger partial charge in [-0.05, 0) is 18.9 Å². The van der Waals surface area contributed by atoms with Gasteiger partial charge >= 0.3 is 0 Å². The molecule has 2 rings (SSSR count). The molecule has 0 unspecified atom stereocenters. The van der Waals surface area contributed by atoms with E-state index in [2.05, 4.69) is 0 Å². The van der Waals surface area contributed by atoms with Crippen LogP contribution in [0.25, 0.3) is 0 Å². The molecular formula is C11H15NO3. The van der Waals surface area contributed by atoms with E-state index in [0.29, 0.717) is 0 Å². The Morgan fingerprint density at radius 2 is 2.00 bits per heavy atom. The van der Waals surface area contributed by atoms with Gasteiger partial charge in [0.15, 0.2) is 5.76 Å². The Hall–Kier alpha value is -1.32. The average molecular weight is 209 g/mol. The van der Waals surface area contributed by atoms with Gasteiger partial charge in [-0.25, -0.2) is 0 Å². The highest BCUT2D eigenvalue weighted by Gasteiger charge is 2.33. The van der Waals surface area contributed by atoms with Crippen molar-refractivity contribution in [1.82, 2.24) is 4.90 Å². The molecule has 1 aliphatic heterocycles. The molecule has 0 aromatic rings. The first-order valence-corrected chi connectivity index (χ1v) is 5.45. The van der Waals surface area contributed by atoms with Crippen LogP contribution in [-0.2, 0) is 9.59 Å². The van der Waals surface area contributed by atoms with Crippen LogP contribution in [-0.4, -0.2) is 28.4 Å². The highest BCUT2D eigenvalue weighted by Crippen LogP contribution is 2.26. The van der Waals surface area contributed by atoms with Crippen LogP contribution in [0.5, 0.6) is 0 Å². The standard InChI is InChI=1S/C11H15NO3/c13-9-6-7-12(11(9)15)10(14)8-4-2-1-3-5-8/h6,8,13H,1-5,7H2. The summed E-state index contributed by atoms with van der Waals surface area (Å²) in [5, 5.41) is 9.13. The molecule has 0 aromatic carbocycles. The molecule has 1 heterocycles. The predicted molar refractivity (Wildman–Crippen MR) is 54.0 cm³/mol. The van der Waals surface area contributed by atoms with Crippen molar-refractivity contribution in [3.63, 3.8) is 0 Å². The summed E-state index contributed by atoms with van der Waals surface area (Å²) in [5.41, 5.74) is 0. The first-order valence-electron chi connectivity index (χ1n) is 5.45. The number of aliphatic hydroxyl groups excluding tert-OH is 1. The smallest absolute Gasteiger partial charge is 0.295 e. The van der Waals surface area contributed by atoms with Crippen molar-refractivity contribution in [2.45, 2.75) is 32.1 Å². The lowest BCUT2D eigenvalue weighted by molar-refractivity contribution is -0.145. The van der Waals surface area contributed by atoms with Gasteiger partial charge in [0.25, 0.3) is 5.91 Å². The molecule has 0 saturated heterocycles. The summed E-state index contributed by atoms with van der Waals surface area (Å²) < 4.78 is 0. The van der Waals surface area contributed by atoms with Crippen molar-refractivity contribution in [3.8, 4) is 0 Å².